The van der Waals surface area contributed by atoms with Crippen LogP contribution >= 0.6 is 0 Å². The SMILES string of the molecule is CC(C)(C)[Si](C)(C)O[C@H]1CCC[C@@]2(C)O[C@@H]12. The van der Waals surface area contributed by atoms with E-state index in [0.717, 1.165) is 0 Å². The second-order valence-corrected chi connectivity index (χ2v) is 11.9. The first-order valence-electron chi connectivity index (χ1n) is 6.51. The van der Waals surface area contributed by atoms with E-state index >= 15 is 0 Å². The van der Waals surface area contributed by atoms with Crippen LogP contribution in [0.4, 0.5) is 0 Å². The van der Waals surface area contributed by atoms with Gasteiger partial charge in [0.25, 0.3) is 0 Å². The van der Waals surface area contributed by atoms with Crippen molar-refractivity contribution in [3.63, 3.8) is 0 Å². The van der Waals surface area contributed by atoms with E-state index in [4.69, 9.17) is 9.16 Å². The van der Waals surface area contributed by atoms with Gasteiger partial charge >= 0.3 is 0 Å². The third-order valence-corrected chi connectivity index (χ3v) is 9.20. The Kier molecular flexibility index (Phi) is 2.80. The maximum Gasteiger partial charge on any atom is 0.192 e. The van der Waals surface area contributed by atoms with Crippen LogP contribution in [0.2, 0.25) is 18.1 Å². The molecular formula is C13H26O2Si. The maximum absolute atomic E-state index is 6.48. The van der Waals surface area contributed by atoms with Crippen molar-refractivity contribution in [3.8, 4) is 0 Å². The van der Waals surface area contributed by atoms with E-state index in [1.807, 2.05) is 0 Å². The molecule has 0 radical (unpaired) electrons. The minimum absolute atomic E-state index is 0.158. The van der Waals surface area contributed by atoms with Crippen LogP contribution < -0.4 is 0 Å². The fourth-order valence-corrected chi connectivity index (χ4v) is 3.76. The predicted octanol–water partition coefficient (Wildman–Crippen LogP) is 3.72. The van der Waals surface area contributed by atoms with Crippen LogP contribution in [0.1, 0.15) is 47.0 Å². The second kappa shape index (κ2) is 3.56. The Morgan fingerprint density at radius 3 is 2.50 bits per heavy atom. The molecule has 1 aliphatic carbocycles. The van der Waals surface area contributed by atoms with Crippen molar-refractivity contribution in [2.75, 3.05) is 0 Å². The summed E-state index contributed by atoms with van der Waals surface area (Å²) >= 11 is 0. The molecule has 1 saturated heterocycles. The van der Waals surface area contributed by atoms with Gasteiger partial charge in [-0.1, -0.05) is 20.8 Å². The third-order valence-electron chi connectivity index (χ3n) is 4.69. The molecule has 0 spiro atoms. The van der Waals surface area contributed by atoms with E-state index in [-0.39, 0.29) is 5.60 Å². The minimum Gasteiger partial charge on any atom is -0.411 e. The summed E-state index contributed by atoms with van der Waals surface area (Å²) in [6.07, 6.45) is 4.41. The Bertz CT molecular complexity index is 282. The molecule has 2 rings (SSSR count). The standard InChI is InChI=1S/C13H26O2Si/c1-12(2,3)16(5,6)15-10-8-7-9-13(4)11(10)14-13/h10-11H,7-9H2,1-6H3/t10-,11-,13+/m0/s1. The number of fused-ring (bicyclic) bond motifs is 1. The zero-order valence-corrected chi connectivity index (χ0v) is 12.6. The van der Waals surface area contributed by atoms with Crippen LogP contribution in [0.25, 0.3) is 0 Å². The van der Waals surface area contributed by atoms with Gasteiger partial charge in [0.2, 0.25) is 0 Å². The Morgan fingerprint density at radius 1 is 1.31 bits per heavy atom. The fraction of sp³-hybridized carbons (Fsp3) is 1.00. The van der Waals surface area contributed by atoms with E-state index in [1.165, 1.54) is 19.3 Å². The summed E-state index contributed by atoms with van der Waals surface area (Å²) in [5.74, 6) is 0. The number of hydrogen-bond donors (Lipinski definition) is 0. The lowest BCUT2D eigenvalue weighted by Gasteiger charge is -2.40. The van der Waals surface area contributed by atoms with E-state index in [2.05, 4.69) is 40.8 Å². The Labute approximate surface area is 101 Å². The molecule has 2 fully saturated rings. The molecule has 0 amide bonds. The topological polar surface area (TPSA) is 21.8 Å². The normalized spacial score (nSPS) is 39.4. The quantitative estimate of drug-likeness (QED) is 0.544. The Hall–Kier alpha value is 0.137. The molecule has 2 nitrogen and oxygen atoms in total. The molecule has 94 valence electrons. The first-order chi connectivity index (χ1) is 7.16. The predicted molar refractivity (Wildman–Crippen MR) is 69.2 cm³/mol. The first-order valence-corrected chi connectivity index (χ1v) is 9.42. The zero-order valence-electron chi connectivity index (χ0n) is 11.6. The van der Waals surface area contributed by atoms with Gasteiger partial charge in [-0.2, -0.15) is 0 Å². The van der Waals surface area contributed by atoms with Crippen molar-refractivity contribution in [1.29, 1.82) is 0 Å². The van der Waals surface area contributed by atoms with Gasteiger partial charge in [-0.25, -0.2) is 0 Å². The largest absolute Gasteiger partial charge is 0.411 e. The summed E-state index contributed by atoms with van der Waals surface area (Å²) in [7, 11) is -1.62. The molecule has 2 aliphatic rings. The van der Waals surface area contributed by atoms with Crippen molar-refractivity contribution in [3.05, 3.63) is 0 Å². The average Bonchev–Trinajstić information content (AvgIpc) is 2.75. The molecule has 0 aromatic carbocycles. The highest BCUT2D eigenvalue weighted by molar-refractivity contribution is 6.74. The number of hydrogen-bond acceptors (Lipinski definition) is 2. The molecule has 3 heteroatoms. The van der Waals surface area contributed by atoms with Crippen molar-refractivity contribution < 1.29 is 9.16 Å². The third kappa shape index (κ3) is 2.09. The molecule has 0 unspecified atom stereocenters. The average molecular weight is 242 g/mol. The van der Waals surface area contributed by atoms with Gasteiger partial charge < -0.3 is 9.16 Å². The van der Waals surface area contributed by atoms with Gasteiger partial charge in [-0.05, 0) is 44.3 Å². The van der Waals surface area contributed by atoms with Crippen molar-refractivity contribution in [2.45, 2.75) is 82.9 Å². The van der Waals surface area contributed by atoms with Crippen LogP contribution in [-0.2, 0) is 9.16 Å². The monoisotopic (exact) mass is 242 g/mol. The lowest BCUT2D eigenvalue weighted by Crippen LogP contribution is -2.46. The molecule has 0 bridgehead atoms. The van der Waals surface area contributed by atoms with Crippen molar-refractivity contribution >= 4 is 8.32 Å². The molecule has 0 N–H and O–H groups in total. The summed E-state index contributed by atoms with van der Waals surface area (Å²) in [6, 6.07) is 0. The van der Waals surface area contributed by atoms with E-state index < -0.39 is 8.32 Å². The molecule has 1 aliphatic heterocycles. The number of epoxide rings is 1. The van der Waals surface area contributed by atoms with Gasteiger partial charge in [-0.3, -0.25) is 0 Å². The summed E-state index contributed by atoms with van der Waals surface area (Å²) < 4.78 is 12.3. The van der Waals surface area contributed by atoms with Crippen LogP contribution in [0.5, 0.6) is 0 Å². The molecule has 16 heavy (non-hydrogen) atoms. The fourth-order valence-electron chi connectivity index (χ4n) is 2.41. The molecule has 0 aromatic heterocycles. The highest BCUT2D eigenvalue weighted by Gasteiger charge is 2.59. The lowest BCUT2D eigenvalue weighted by molar-refractivity contribution is 0.131. The molecule has 3 atom stereocenters. The second-order valence-electron chi connectivity index (χ2n) is 7.16. The molecule has 0 aromatic rings. The van der Waals surface area contributed by atoms with Crippen LogP contribution in [0, 0.1) is 0 Å². The van der Waals surface area contributed by atoms with Gasteiger partial charge in [0.15, 0.2) is 8.32 Å². The van der Waals surface area contributed by atoms with Crippen LogP contribution in [0.3, 0.4) is 0 Å². The van der Waals surface area contributed by atoms with Crippen LogP contribution in [-0.4, -0.2) is 26.1 Å². The molecule has 1 heterocycles. The van der Waals surface area contributed by atoms with E-state index in [1.54, 1.807) is 0 Å². The maximum atomic E-state index is 6.48. The summed E-state index contributed by atoms with van der Waals surface area (Å²) in [5, 5.41) is 0.301. The Morgan fingerprint density at radius 2 is 1.94 bits per heavy atom. The smallest absolute Gasteiger partial charge is 0.192 e. The first kappa shape index (κ1) is 12.6. The zero-order chi connectivity index (χ0) is 12.2. The van der Waals surface area contributed by atoms with E-state index in [0.29, 0.717) is 17.2 Å². The number of rotatable bonds is 2. The molecule has 1 saturated carbocycles. The van der Waals surface area contributed by atoms with E-state index in [9.17, 15) is 0 Å². The van der Waals surface area contributed by atoms with Gasteiger partial charge in [0.05, 0.1) is 11.7 Å². The van der Waals surface area contributed by atoms with Gasteiger partial charge in [0.1, 0.15) is 6.10 Å². The van der Waals surface area contributed by atoms with Crippen molar-refractivity contribution in [2.24, 2.45) is 0 Å². The van der Waals surface area contributed by atoms with Gasteiger partial charge in [0, 0.05) is 0 Å². The highest BCUT2D eigenvalue weighted by atomic mass is 28.4. The summed E-state index contributed by atoms with van der Waals surface area (Å²) in [5.41, 5.74) is 0.158. The van der Waals surface area contributed by atoms with Gasteiger partial charge in [-0.15, -0.1) is 0 Å². The van der Waals surface area contributed by atoms with Crippen LogP contribution in [0.15, 0.2) is 0 Å². The minimum atomic E-state index is -1.62. The summed E-state index contributed by atoms with van der Waals surface area (Å²) in [6.45, 7) is 13.8. The Balaban J connectivity index is 2.00. The summed E-state index contributed by atoms with van der Waals surface area (Å²) in [4.78, 5) is 0. The molecular weight excluding hydrogens is 216 g/mol. The number of ether oxygens (including phenoxy) is 1. The van der Waals surface area contributed by atoms with Crippen molar-refractivity contribution in [1.82, 2.24) is 0 Å². The lowest BCUT2D eigenvalue weighted by atomic mass is 9.89. The highest BCUT2D eigenvalue weighted by Crippen LogP contribution is 2.50.